The van der Waals surface area contributed by atoms with Gasteiger partial charge in [-0.2, -0.15) is 13.2 Å². The topological polar surface area (TPSA) is 54.0 Å². The van der Waals surface area contributed by atoms with Gasteiger partial charge in [-0.05, 0) is 37.0 Å². The third-order valence-electron chi connectivity index (χ3n) is 5.85. The maximum atomic E-state index is 13.0. The molecule has 0 spiro atoms. The van der Waals surface area contributed by atoms with Crippen molar-refractivity contribution in [2.75, 3.05) is 0 Å². The van der Waals surface area contributed by atoms with Crippen LogP contribution in [-0.2, 0) is 6.18 Å². The molecule has 1 fully saturated rings. The smallest absolute Gasteiger partial charge is 0.327 e. The molecule has 1 saturated carbocycles. The third-order valence-corrected chi connectivity index (χ3v) is 6.75. The molecule has 0 saturated heterocycles. The molecule has 2 aliphatic rings. The number of benzene rings is 1. The number of hydrogen-bond donors (Lipinski definition) is 2. The Morgan fingerprint density at radius 2 is 1.83 bits per heavy atom. The average Bonchev–Trinajstić information content (AvgIpc) is 3.23. The maximum Gasteiger partial charge on any atom is 0.416 e. The van der Waals surface area contributed by atoms with E-state index in [1.165, 1.54) is 42.7 Å². The lowest BCUT2D eigenvalue weighted by Crippen LogP contribution is -2.43. The van der Waals surface area contributed by atoms with E-state index in [1.54, 1.807) is 0 Å². The Labute approximate surface area is 177 Å². The molecule has 2 aromatic rings. The van der Waals surface area contributed by atoms with Crippen LogP contribution < -0.4 is 10.6 Å². The van der Waals surface area contributed by atoms with Crippen LogP contribution in [-0.4, -0.2) is 11.0 Å². The first-order chi connectivity index (χ1) is 14.4. The Kier molecular flexibility index (Phi) is 5.86. The predicted molar refractivity (Wildman–Crippen MR) is 111 cm³/mol. The zero-order valence-corrected chi connectivity index (χ0v) is 17.5. The zero-order valence-electron chi connectivity index (χ0n) is 16.7. The second-order valence-corrected chi connectivity index (χ2v) is 8.67. The number of amides is 2. The Morgan fingerprint density at radius 1 is 1.13 bits per heavy atom. The van der Waals surface area contributed by atoms with Crippen molar-refractivity contribution in [1.82, 2.24) is 15.6 Å². The van der Waals surface area contributed by atoms with Crippen LogP contribution in [0.5, 0.6) is 0 Å². The summed E-state index contributed by atoms with van der Waals surface area (Å²) in [6.45, 7) is 1.94. The van der Waals surface area contributed by atoms with Gasteiger partial charge in [-0.15, -0.1) is 11.3 Å². The number of carbonyl (C=O) groups excluding carboxylic acids is 1. The van der Waals surface area contributed by atoms with Crippen LogP contribution in [0.3, 0.4) is 0 Å². The van der Waals surface area contributed by atoms with Gasteiger partial charge in [0.15, 0.2) is 0 Å². The molecule has 4 nitrogen and oxygen atoms in total. The van der Waals surface area contributed by atoms with Crippen LogP contribution in [0.25, 0.3) is 5.57 Å². The van der Waals surface area contributed by atoms with E-state index in [1.807, 2.05) is 6.92 Å². The van der Waals surface area contributed by atoms with Crippen molar-refractivity contribution in [2.45, 2.75) is 63.6 Å². The Bertz CT molecular complexity index is 943. The number of alkyl halides is 3. The second kappa shape index (κ2) is 8.41. The quantitative estimate of drug-likeness (QED) is 0.585. The summed E-state index contributed by atoms with van der Waals surface area (Å²) < 4.78 is 38.9. The molecule has 1 aliphatic carbocycles. The maximum absolute atomic E-state index is 13.0. The van der Waals surface area contributed by atoms with Crippen molar-refractivity contribution >= 4 is 22.9 Å². The van der Waals surface area contributed by atoms with Gasteiger partial charge in [0.1, 0.15) is 5.01 Å². The summed E-state index contributed by atoms with van der Waals surface area (Å²) in [5.41, 5.74) is 2.58. The van der Waals surface area contributed by atoms with E-state index in [4.69, 9.17) is 4.98 Å². The van der Waals surface area contributed by atoms with Gasteiger partial charge in [-0.25, -0.2) is 9.78 Å². The first kappa shape index (κ1) is 20.9. The molecular formula is C22H24F3N3OS. The monoisotopic (exact) mass is 435 g/mol. The van der Waals surface area contributed by atoms with E-state index in [9.17, 15) is 18.0 Å². The molecule has 2 heterocycles. The highest BCUT2D eigenvalue weighted by molar-refractivity contribution is 7.10. The summed E-state index contributed by atoms with van der Waals surface area (Å²) in [6, 6.07) is 4.08. The Morgan fingerprint density at radius 3 is 2.47 bits per heavy atom. The van der Waals surface area contributed by atoms with Crippen LogP contribution in [0.15, 0.2) is 35.3 Å². The number of halogens is 3. The largest absolute Gasteiger partial charge is 0.416 e. The highest BCUT2D eigenvalue weighted by Gasteiger charge is 2.33. The second-order valence-electron chi connectivity index (χ2n) is 7.81. The lowest BCUT2D eigenvalue weighted by Gasteiger charge is -2.29. The van der Waals surface area contributed by atoms with Crippen LogP contribution in [0, 0.1) is 0 Å². The first-order valence-electron chi connectivity index (χ1n) is 10.3. The molecule has 1 unspecified atom stereocenters. The number of thiazole rings is 1. The molecule has 160 valence electrons. The minimum atomic E-state index is -4.40. The van der Waals surface area contributed by atoms with Crippen LogP contribution in [0.4, 0.5) is 18.0 Å². The summed E-state index contributed by atoms with van der Waals surface area (Å²) in [5.74, 6) is 0.463. The van der Waals surface area contributed by atoms with E-state index in [0.29, 0.717) is 17.9 Å². The van der Waals surface area contributed by atoms with Gasteiger partial charge in [0.05, 0.1) is 17.3 Å². The van der Waals surface area contributed by atoms with Crippen molar-refractivity contribution in [3.63, 3.8) is 0 Å². The molecule has 1 aliphatic heterocycles. The van der Waals surface area contributed by atoms with Gasteiger partial charge in [0.2, 0.25) is 0 Å². The van der Waals surface area contributed by atoms with E-state index in [0.717, 1.165) is 46.9 Å². The molecular weight excluding hydrogens is 411 g/mol. The molecule has 8 heteroatoms. The predicted octanol–water partition coefficient (Wildman–Crippen LogP) is 6.38. The van der Waals surface area contributed by atoms with Crippen molar-refractivity contribution in [3.8, 4) is 0 Å². The number of allylic oxidation sites excluding steroid dienone is 1. The summed E-state index contributed by atoms with van der Waals surface area (Å²) >= 11 is 1.54. The number of aromatic nitrogens is 1. The number of hydrogen-bond acceptors (Lipinski definition) is 3. The van der Waals surface area contributed by atoms with Gasteiger partial charge >= 0.3 is 12.2 Å². The van der Waals surface area contributed by atoms with E-state index < -0.39 is 17.8 Å². The number of nitrogens with one attached hydrogen (secondary N) is 2. The van der Waals surface area contributed by atoms with Crippen LogP contribution >= 0.6 is 11.3 Å². The standard InChI is InChI=1S/C22H24F3N3OS/c1-2-16-18(20-26-17(12-30-20)13-6-4-3-5-7-13)19(28-21(29)27-16)14-8-10-15(11-9-14)22(23,24)25/h8-13,19H,2-7H2,1H3,(H2,27,28,29). The molecule has 1 aromatic carbocycles. The van der Waals surface area contributed by atoms with Gasteiger partial charge < -0.3 is 10.6 Å². The first-order valence-corrected chi connectivity index (χ1v) is 11.2. The molecule has 1 atom stereocenters. The molecule has 30 heavy (non-hydrogen) atoms. The fraction of sp³-hybridized carbons (Fsp3) is 0.455. The van der Waals surface area contributed by atoms with E-state index in [-0.39, 0.29) is 6.03 Å². The summed E-state index contributed by atoms with van der Waals surface area (Å²) in [5, 5.41) is 8.62. The van der Waals surface area contributed by atoms with Crippen LogP contribution in [0.1, 0.15) is 79.2 Å². The highest BCUT2D eigenvalue weighted by Crippen LogP contribution is 2.40. The van der Waals surface area contributed by atoms with Gasteiger partial charge in [0.25, 0.3) is 0 Å². The van der Waals surface area contributed by atoms with Gasteiger partial charge in [-0.1, -0.05) is 38.3 Å². The molecule has 1 aromatic heterocycles. The van der Waals surface area contributed by atoms with Crippen molar-refractivity contribution in [3.05, 3.63) is 57.2 Å². The summed E-state index contributed by atoms with van der Waals surface area (Å²) in [4.78, 5) is 17.1. The number of urea groups is 1. The minimum Gasteiger partial charge on any atom is -0.327 e. The summed E-state index contributed by atoms with van der Waals surface area (Å²) in [7, 11) is 0. The van der Waals surface area contributed by atoms with Crippen molar-refractivity contribution < 1.29 is 18.0 Å². The number of nitrogens with zero attached hydrogens (tertiary/aromatic N) is 1. The van der Waals surface area contributed by atoms with Crippen LogP contribution in [0.2, 0.25) is 0 Å². The van der Waals surface area contributed by atoms with Gasteiger partial charge in [0, 0.05) is 22.6 Å². The lowest BCUT2D eigenvalue weighted by atomic mass is 9.87. The molecule has 0 bridgehead atoms. The average molecular weight is 436 g/mol. The van der Waals surface area contributed by atoms with Gasteiger partial charge in [-0.3, -0.25) is 0 Å². The minimum absolute atomic E-state index is 0.357. The SMILES string of the molecule is CCC1=C(c2nc(C3CCCCC3)cs2)C(c2ccc(C(F)(F)F)cc2)NC(=O)N1. The Balaban J connectivity index is 1.70. The number of carbonyl (C=O) groups is 1. The lowest BCUT2D eigenvalue weighted by molar-refractivity contribution is -0.137. The highest BCUT2D eigenvalue weighted by atomic mass is 32.1. The van der Waals surface area contributed by atoms with Crippen molar-refractivity contribution in [1.29, 1.82) is 0 Å². The van der Waals surface area contributed by atoms with Crippen molar-refractivity contribution in [2.24, 2.45) is 0 Å². The Hall–Kier alpha value is -2.35. The fourth-order valence-corrected chi connectivity index (χ4v) is 5.26. The molecule has 4 rings (SSSR count). The van der Waals surface area contributed by atoms with E-state index >= 15 is 0 Å². The molecule has 2 N–H and O–H groups in total. The fourth-order valence-electron chi connectivity index (χ4n) is 4.26. The number of rotatable bonds is 4. The molecule has 2 amide bonds. The molecule has 0 radical (unpaired) electrons. The third kappa shape index (κ3) is 4.24. The normalized spacial score (nSPS) is 20.8. The van der Waals surface area contributed by atoms with E-state index in [2.05, 4.69) is 16.0 Å². The summed E-state index contributed by atoms with van der Waals surface area (Å²) in [6.07, 6.45) is 2.18. The zero-order chi connectivity index (χ0) is 21.3.